The minimum absolute atomic E-state index is 0.376. The molecule has 0 saturated heterocycles. The molecule has 9 heteroatoms. The second-order valence-electron chi connectivity index (χ2n) is 6.03. The number of rotatable bonds is 8. The van der Waals surface area contributed by atoms with E-state index in [2.05, 4.69) is 37.5 Å². The van der Waals surface area contributed by atoms with Gasteiger partial charge in [0.25, 0.3) is 5.89 Å². The first-order valence-corrected chi connectivity index (χ1v) is 8.75. The minimum Gasteiger partial charge on any atom is -0.459 e. The minimum atomic E-state index is 0.376. The standard InChI is InChI=1S/C18H19N7O2/c1-2-10-24(13-17-20-21-18(27-17)15-9-6-11-26-15)12-16-19-22-23-25(16)14-7-4-3-5-8-14/h3-9,11H,2,10,12-13H2,1H3. The third-order valence-electron chi connectivity index (χ3n) is 4.00. The predicted molar refractivity (Wildman–Crippen MR) is 95.6 cm³/mol. The van der Waals surface area contributed by atoms with Crippen LogP contribution in [0.5, 0.6) is 0 Å². The number of nitrogens with zero attached hydrogens (tertiary/aromatic N) is 7. The number of hydrogen-bond acceptors (Lipinski definition) is 8. The Hall–Kier alpha value is -3.33. The Morgan fingerprint density at radius 3 is 2.67 bits per heavy atom. The Morgan fingerprint density at radius 2 is 1.89 bits per heavy atom. The Morgan fingerprint density at radius 1 is 1.00 bits per heavy atom. The molecule has 1 aromatic carbocycles. The molecule has 3 heterocycles. The molecule has 0 spiro atoms. The van der Waals surface area contributed by atoms with Crippen molar-refractivity contribution in [2.24, 2.45) is 0 Å². The molecule has 3 aromatic heterocycles. The average Bonchev–Trinajstić information content (AvgIpc) is 3.44. The fourth-order valence-corrected chi connectivity index (χ4v) is 2.81. The van der Waals surface area contributed by atoms with E-state index in [9.17, 15) is 0 Å². The smallest absolute Gasteiger partial charge is 0.283 e. The molecular formula is C18H19N7O2. The van der Waals surface area contributed by atoms with Gasteiger partial charge in [0, 0.05) is 0 Å². The third-order valence-corrected chi connectivity index (χ3v) is 4.00. The zero-order valence-corrected chi connectivity index (χ0v) is 14.9. The number of aromatic nitrogens is 6. The van der Waals surface area contributed by atoms with Crippen molar-refractivity contribution in [3.05, 3.63) is 60.4 Å². The fourth-order valence-electron chi connectivity index (χ4n) is 2.81. The van der Waals surface area contributed by atoms with Crippen molar-refractivity contribution in [3.63, 3.8) is 0 Å². The second kappa shape index (κ2) is 7.92. The van der Waals surface area contributed by atoms with E-state index in [1.807, 2.05) is 30.3 Å². The molecule has 0 aliphatic rings. The summed E-state index contributed by atoms with van der Waals surface area (Å²) in [5.74, 6) is 2.21. The Labute approximate surface area is 155 Å². The lowest BCUT2D eigenvalue weighted by atomic mass is 10.3. The van der Waals surface area contributed by atoms with E-state index in [1.54, 1.807) is 23.1 Å². The molecule has 0 bridgehead atoms. The highest BCUT2D eigenvalue weighted by atomic mass is 16.4. The van der Waals surface area contributed by atoms with Gasteiger partial charge in [0.1, 0.15) is 0 Å². The summed E-state index contributed by atoms with van der Waals surface area (Å²) in [6.07, 6.45) is 2.55. The van der Waals surface area contributed by atoms with Gasteiger partial charge in [-0.15, -0.1) is 15.3 Å². The maximum Gasteiger partial charge on any atom is 0.283 e. The lowest BCUT2D eigenvalue weighted by molar-refractivity contribution is 0.224. The maximum absolute atomic E-state index is 5.72. The molecule has 9 nitrogen and oxygen atoms in total. The zero-order valence-electron chi connectivity index (χ0n) is 14.9. The van der Waals surface area contributed by atoms with Crippen molar-refractivity contribution in [1.82, 2.24) is 35.3 Å². The second-order valence-corrected chi connectivity index (χ2v) is 6.03. The molecule has 0 unspecified atom stereocenters. The molecule has 0 amide bonds. The van der Waals surface area contributed by atoms with Gasteiger partial charge >= 0.3 is 0 Å². The lowest BCUT2D eigenvalue weighted by Gasteiger charge is -2.18. The molecule has 138 valence electrons. The van der Waals surface area contributed by atoms with Crippen molar-refractivity contribution < 1.29 is 8.83 Å². The van der Waals surface area contributed by atoms with Crippen LogP contribution in [0.2, 0.25) is 0 Å². The summed E-state index contributed by atoms with van der Waals surface area (Å²) in [5, 5.41) is 20.3. The van der Waals surface area contributed by atoms with Gasteiger partial charge in [-0.2, -0.15) is 4.68 Å². The summed E-state index contributed by atoms with van der Waals surface area (Å²) >= 11 is 0. The molecule has 4 aromatic rings. The van der Waals surface area contributed by atoms with E-state index in [4.69, 9.17) is 8.83 Å². The van der Waals surface area contributed by atoms with Crippen LogP contribution in [0.3, 0.4) is 0 Å². The van der Waals surface area contributed by atoms with Crippen LogP contribution in [0.4, 0.5) is 0 Å². The number of hydrogen-bond donors (Lipinski definition) is 0. The summed E-state index contributed by atoms with van der Waals surface area (Å²) in [6, 6.07) is 13.4. The van der Waals surface area contributed by atoms with Crippen molar-refractivity contribution in [2.75, 3.05) is 6.54 Å². The maximum atomic E-state index is 5.72. The van der Waals surface area contributed by atoms with Gasteiger partial charge in [-0.1, -0.05) is 25.1 Å². The molecule has 0 fully saturated rings. The molecule has 0 aliphatic carbocycles. The summed E-state index contributed by atoms with van der Waals surface area (Å²) in [5.41, 5.74) is 0.923. The Bertz CT molecular complexity index is 963. The van der Waals surface area contributed by atoms with Crippen molar-refractivity contribution >= 4 is 0 Å². The summed E-state index contributed by atoms with van der Waals surface area (Å²) in [7, 11) is 0. The van der Waals surface area contributed by atoms with Crippen LogP contribution < -0.4 is 0 Å². The molecule has 0 N–H and O–H groups in total. The molecule has 4 rings (SSSR count). The first-order chi connectivity index (χ1) is 13.3. The fraction of sp³-hybridized carbons (Fsp3) is 0.278. The monoisotopic (exact) mass is 365 g/mol. The van der Waals surface area contributed by atoms with E-state index >= 15 is 0 Å². The van der Waals surface area contributed by atoms with Gasteiger partial charge in [0.05, 0.1) is 25.0 Å². The highest BCUT2D eigenvalue weighted by Gasteiger charge is 2.17. The highest BCUT2D eigenvalue weighted by Crippen LogP contribution is 2.19. The largest absolute Gasteiger partial charge is 0.459 e. The van der Waals surface area contributed by atoms with Crippen LogP contribution in [0, 0.1) is 0 Å². The first-order valence-electron chi connectivity index (χ1n) is 8.75. The van der Waals surface area contributed by atoms with Crippen LogP contribution in [-0.2, 0) is 13.1 Å². The van der Waals surface area contributed by atoms with Gasteiger partial charge in [-0.25, -0.2) is 0 Å². The van der Waals surface area contributed by atoms with Crippen LogP contribution in [0.15, 0.2) is 57.6 Å². The number of furan rings is 1. The van der Waals surface area contributed by atoms with E-state index in [0.717, 1.165) is 24.5 Å². The Kier molecular flexibility index (Phi) is 5.01. The summed E-state index contributed by atoms with van der Waals surface area (Å²) in [6.45, 7) is 4.03. The van der Waals surface area contributed by atoms with E-state index in [-0.39, 0.29) is 0 Å². The van der Waals surface area contributed by atoms with Crippen molar-refractivity contribution in [2.45, 2.75) is 26.4 Å². The van der Waals surface area contributed by atoms with Crippen LogP contribution in [0.1, 0.15) is 25.1 Å². The molecule has 0 atom stereocenters. The zero-order chi connectivity index (χ0) is 18.5. The number of tetrazole rings is 1. The molecular weight excluding hydrogens is 346 g/mol. The van der Waals surface area contributed by atoms with Gasteiger partial charge in [-0.05, 0) is 47.7 Å². The molecule has 0 radical (unpaired) electrons. The van der Waals surface area contributed by atoms with Crippen LogP contribution in [-0.4, -0.2) is 41.8 Å². The first kappa shape index (κ1) is 17.1. The summed E-state index contributed by atoms with van der Waals surface area (Å²) in [4.78, 5) is 2.17. The quantitative estimate of drug-likeness (QED) is 0.470. The van der Waals surface area contributed by atoms with Gasteiger partial charge in [0.15, 0.2) is 11.6 Å². The van der Waals surface area contributed by atoms with E-state index < -0.39 is 0 Å². The predicted octanol–water partition coefficient (Wildman–Crippen LogP) is 2.72. The third kappa shape index (κ3) is 3.93. The Balaban J connectivity index is 1.50. The lowest BCUT2D eigenvalue weighted by Crippen LogP contribution is -2.25. The van der Waals surface area contributed by atoms with Crippen LogP contribution in [0.25, 0.3) is 17.3 Å². The molecule has 0 aliphatic heterocycles. The topological polar surface area (TPSA) is 98.9 Å². The SMILES string of the molecule is CCCN(Cc1nnc(-c2ccco2)o1)Cc1nnnn1-c1ccccc1. The highest BCUT2D eigenvalue weighted by molar-refractivity contribution is 5.42. The van der Waals surface area contributed by atoms with E-state index in [0.29, 0.717) is 30.6 Å². The summed E-state index contributed by atoms with van der Waals surface area (Å²) < 4.78 is 12.8. The van der Waals surface area contributed by atoms with Gasteiger partial charge in [-0.3, -0.25) is 4.90 Å². The molecule has 0 saturated carbocycles. The van der Waals surface area contributed by atoms with Crippen LogP contribution >= 0.6 is 0 Å². The normalized spacial score (nSPS) is 11.3. The van der Waals surface area contributed by atoms with Gasteiger partial charge in [0.2, 0.25) is 5.89 Å². The number of benzene rings is 1. The number of para-hydroxylation sites is 1. The van der Waals surface area contributed by atoms with E-state index in [1.165, 1.54) is 0 Å². The average molecular weight is 365 g/mol. The molecule has 27 heavy (non-hydrogen) atoms. The van der Waals surface area contributed by atoms with Gasteiger partial charge < -0.3 is 8.83 Å². The van der Waals surface area contributed by atoms with Crippen molar-refractivity contribution in [1.29, 1.82) is 0 Å². The van der Waals surface area contributed by atoms with Crippen molar-refractivity contribution in [3.8, 4) is 17.3 Å².